The number of pyridine rings is 1. The van der Waals surface area contributed by atoms with Gasteiger partial charge in [0, 0.05) is 24.5 Å². The van der Waals surface area contributed by atoms with Crippen LogP contribution in [-0.4, -0.2) is 24.5 Å². The maximum absolute atomic E-state index is 12.0. The number of hydrogen-bond acceptors (Lipinski definition) is 4. The van der Waals surface area contributed by atoms with Crippen LogP contribution in [0.1, 0.15) is 36.5 Å². The van der Waals surface area contributed by atoms with E-state index in [4.69, 9.17) is 4.74 Å². The second-order valence-electron chi connectivity index (χ2n) is 5.25. The Morgan fingerprint density at radius 3 is 2.78 bits per heavy atom. The Hall–Kier alpha value is -2.56. The number of methoxy groups -OCH3 is 1. The first kappa shape index (κ1) is 16.8. The molecule has 0 bridgehead atoms. The molecule has 2 rings (SSSR count). The predicted octanol–water partition coefficient (Wildman–Crippen LogP) is 3.75. The summed E-state index contributed by atoms with van der Waals surface area (Å²) in [6.07, 6.45) is 4.85. The standard InChI is InChI=1S/C18H23N3O2/c1-3-4-5-11-19-18(22)14-9-10-17(20-13-14)21-15-7-6-8-16(12-15)23-2/h6-10,12-13H,3-5,11H2,1-2H3,(H,19,22)(H,20,21). The fraction of sp³-hybridized carbons (Fsp3) is 0.333. The quantitative estimate of drug-likeness (QED) is 0.729. The molecule has 23 heavy (non-hydrogen) atoms. The van der Waals surface area contributed by atoms with Crippen molar-refractivity contribution >= 4 is 17.4 Å². The third kappa shape index (κ3) is 5.29. The van der Waals surface area contributed by atoms with E-state index in [0.717, 1.165) is 30.7 Å². The van der Waals surface area contributed by atoms with Gasteiger partial charge in [-0.15, -0.1) is 0 Å². The molecule has 1 aromatic carbocycles. The van der Waals surface area contributed by atoms with Crippen LogP contribution in [0.4, 0.5) is 11.5 Å². The van der Waals surface area contributed by atoms with Crippen molar-refractivity contribution in [3.05, 3.63) is 48.2 Å². The molecule has 5 heteroatoms. The fourth-order valence-electron chi connectivity index (χ4n) is 2.13. The average molecular weight is 313 g/mol. The molecular formula is C18H23N3O2. The molecule has 0 aliphatic heterocycles. The summed E-state index contributed by atoms with van der Waals surface area (Å²) in [5.74, 6) is 1.38. The third-order valence-electron chi connectivity index (χ3n) is 3.43. The highest BCUT2D eigenvalue weighted by molar-refractivity contribution is 5.94. The summed E-state index contributed by atoms with van der Waals surface area (Å²) in [6, 6.07) is 11.2. The van der Waals surface area contributed by atoms with E-state index in [1.54, 1.807) is 25.4 Å². The summed E-state index contributed by atoms with van der Waals surface area (Å²) in [5.41, 5.74) is 1.45. The van der Waals surface area contributed by atoms with Gasteiger partial charge in [0.25, 0.3) is 5.91 Å². The second-order valence-corrected chi connectivity index (χ2v) is 5.25. The lowest BCUT2D eigenvalue weighted by molar-refractivity contribution is 0.0952. The topological polar surface area (TPSA) is 63.2 Å². The molecule has 2 aromatic rings. The number of benzene rings is 1. The highest BCUT2D eigenvalue weighted by atomic mass is 16.5. The van der Waals surface area contributed by atoms with Crippen LogP contribution in [0.2, 0.25) is 0 Å². The molecule has 0 saturated heterocycles. The largest absolute Gasteiger partial charge is 0.497 e. The van der Waals surface area contributed by atoms with Crippen LogP contribution in [0.3, 0.4) is 0 Å². The van der Waals surface area contributed by atoms with Gasteiger partial charge in [-0.05, 0) is 30.7 Å². The summed E-state index contributed by atoms with van der Waals surface area (Å²) < 4.78 is 5.18. The predicted molar refractivity (Wildman–Crippen MR) is 92.4 cm³/mol. The minimum absolute atomic E-state index is 0.0819. The fourth-order valence-corrected chi connectivity index (χ4v) is 2.13. The zero-order valence-corrected chi connectivity index (χ0v) is 13.6. The van der Waals surface area contributed by atoms with E-state index in [1.165, 1.54) is 0 Å². The first-order chi connectivity index (χ1) is 11.2. The summed E-state index contributed by atoms with van der Waals surface area (Å²) in [7, 11) is 1.63. The van der Waals surface area contributed by atoms with Crippen LogP contribution in [-0.2, 0) is 0 Å². The summed E-state index contributed by atoms with van der Waals surface area (Å²) in [4.78, 5) is 16.3. The SMILES string of the molecule is CCCCCNC(=O)c1ccc(Nc2cccc(OC)c2)nc1. The maximum atomic E-state index is 12.0. The van der Waals surface area contributed by atoms with Crippen molar-refractivity contribution < 1.29 is 9.53 Å². The summed E-state index contributed by atoms with van der Waals surface area (Å²) in [5, 5.41) is 6.08. The van der Waals surface area contributed by atoms with Gasteiger partial charge in [-0.3, -0.25) is 4.79 Å². The molecule has 0 aliphatic carbocycles. The lowest BCUT2D eigenvalue weighted by atomic mass is 10.2. The number of carbonyl (C=O) groups excluding carboxylic acids is 1. The van der Waals surface area contributed by atoms with Gasteiger partial charge >= 0.3 is 0 Å². The molecule has 0 radical (unpaired) electrons. The average Bonchev–Trinajstić information content (AvgIpc) is 2.59. The van der Waals surface area contributed by atoms with Crippen LogP contribution < -0.4 is 15.4 Å². The van der Waals surface area contributed by atoms with Crippen LogP contribution in [0.5, 0.6) is 5.75 Å². The van der Waals surface area contributed by atoms with E-state index in [-0.39, 0.29) is 5.91 Å². The summed E-state index contributed by atoms with van der Waals surface area (Å²) in [6.45, 7) is 2.84. The Morgan fingerprint density at radius 1 is 1.22 bits per heavy atom. The molecule has 1 amide bonds. The van der Waals surface area contributed by atoms with Gasteiger partial charge in [0.05, 0.1) is 12.7 Å². The molecule has 1 aromatic heterocycles. The number of aromatic nitrogens is 1. The van der Waals surface area contributed by atoms with E-state index in [2.05, 4.69) is 22.5 Å². The highest BCUT2D eigenvalue weighted by Gasteiger charge is 2.05. The lowest BCUT2D eigenvalue weighted by Gasteiger charge is -2.08. The normalized spacial score (nSPS) is 10.2. The molecule has 0 aliphatic rings. The van der Waals surface area contributed by atoms with E-state index in [0.29, 0.717) is 17.9 Å². The highest BCUT2D eigenvalue weighted by Crippen LogP contribution is 2.20. The second kappa shape index (κ2) is 8.78. The van der Waals surface area contributed by atoms with Crippen molar-refractivity contribution in [1.29, 1.82) is 0 Å². The number of ether oxygens (including phenoxy) is 1. The zero-order chi connectivity index (χ0) is 16.5. The van der Waals surface area contributed by atoms with Gasteiger partial charge in [0.15, 0.2) is 0 Å². The minimum Gasteiger partial charge on any atom is -0.497 e. The van der Waals surface area contributed by atoms with Crippen LogP contribution in [0.15, 0.2) is 42.6 Å². The van der Waals surface area contributed by atoms with Gasteiger partial charge < -0.3 is 15.4 Å². The van der Waals surface area contributed by atoms with Crippen LogP contribution in [0.25, 0.3) is 0 Å². The number of anilines is 2. The molecule has 0 fully saturated rings. The molecule has 0 spiro atoms. The Bertz CT molecular complexity index is 626. The van der Waals surface area contributed by atoms with Gasteiger partial charge in [-0.25, -0.2) is 4.98 Å². The number of carbonyl (C=O) groups is 1. The van der Waals surface area contributed by atoms with Crippen molar-refractivity contribution in [3.63, 3.8) is 0 Å². The first-order valence-corrected chi connectivity index (χ1v) is 7.88. The number of amides is 1. The number of rotatable bonds is 8. The number of hydrogen-bond donors (Lipinski definition) is 2. The van der Waals surface area contributed by atoms with Crippen molar-refractivity contribution in [2.75, 3.05) is 19.0 Å². The Morgan fingerprint density at radius 2 is 2.09 bits per heavy atom. The molecule has 0 saturated carbocycles. The van der Waals surface area contributed by atoms with Crippen molar-refractivity contribution in [2.45, 2.75) is 26.2 Å². The molecule has 5 nitrogen and oxygen atoms in total. The summed E-state index contributed by atoms with van der Waals surface area (Å²) >= 11 is 0. The lowest BCUT2D eigenvalue weighted by Crippen LogP contribution is -2.24. The smallest absolute Gasteiger partial charge is 0.252 e. The Balaban J connectivity index is 1.92. The van der Waals surface area contributed by atoms with Gasteiger partial charge in [0.2, 0.25) is 0 Å². The molecule has 0 atom stereocenters. The minimum atomic E-state index is -0.0819. The van der Waals surface area contributed by atoms with E-state index in [9.17, 15) is 4.79 Å². The molecule has 0 unspecified atom stereocenters. The van der Waals surface area contributed by atoms with Crippen molar-refractivity contribution in [3.8, 4) is 5.75 Å². The first-order valence-electron chi connectivity index (χ1n) is 7.88. The maximum Gasteiger partial charge on any atom is 0.252 e. The van der Waals surface area contributed by atoms with Crippen LogP contribution >= 0.6 is 0 Å². The third-order valence-corrected chi connectivity index (χ3v) is 3.43. The number of nitrogens with zero attached hydrogens (tertiary/aromatic N) is 1. The van der Waals surface area contributed by atoms with Crippen LogP contribution in [0, 0.1) is 0 Å². The van der Waals surface area contributed by atoms with Crippen molar-refractivity contribution in [2.24, 2.45) is 0 Å². The van der Waals surface area contributed by atoms with E-state index >= 15 is 0 Å². The Kier molecular flexibility index (Phi) is 6.41. The number of unbranched alkanes of at least 4 members (excludes halogenated alkanes) is 2. The molecule has 2 N–H and O–H groups in total. The monoisotopic (exact) mass is 313 g/mol. The molecule has 122 valence electrons. The molecule has 1 heterocycles. The van der Waals surface area contributed by atoms with E-state index in [1.807, 2.05) is 24.3 Å². The number of nitrogens with one attached hydrogen (secondary N) is 2. The van der Waals surface area contributed by atoms with Crippen molar-refractivity contribution in [1.82, 2.24) is 10.3 Å². The van der Waals surface area contributed by atoms with Gasteiger partial charge in [-0.2, -0.15) is 0 Å². The molecular weight excluding hydrogens is 290 g/mol. The van der Waals surface area contributed by atoms with E-state index < -0.39 is 0 Å². The van der Waals surface area contributed by atoms with Gasteiger partial charge in [0.1, 0.15) is 11.6 Å². The Labute approximate surface area is 137 Å². The van der Waals surface area contributed by atoms with Gasteiger partial charge in [-0.1, -0.05) is 25.8 Å². The zero-order valence-electron chi connectivity index (χ0n) is 13.6.